The van der Waals surface area contributed by atoms with Crippen molar-refractivity contribution in [2.24, 2.45) is 5.92 Å². The number of hydrogen-bond acceptors (Lipinski definition) is 2. The van der Waals surface area contributed by atoms with Crippen LogP contribution >= 0.6 is 0 Å². The third kappa shape index (κ3) is 2.44. The fourth-order valence-electron chi connectivity index (χ4n) is 2.31. The van der Waals surface area contributed by atoms with E-state index in [1.165, 1.54) is 12.8 Å². The van der Waals surface area contributed by atoms with E-state index in [0.29, 0.717) is 5.92 Å². The second-order valence-corrected chi connectivity index (χ2v) is 4.62. The van der Waals surface area contributed by atoms with Gasteiger partial charge < -0.3 is 9.84 Å². The van der Waals surface area contributed by atoms with Gasteiger partial charge in [0.25, 0.3) is 0 Å². The van der Waals surface area contributed by atoms with Gasteiger partial charge in [-0.2, -0.15) is 0 Å². The summed E-state index contributed by atoms with van der Waals surface area (Å²) in [5, 5.41) is 10.0. The van der Waals surface area contributed by atoms with E-state index in [-0.39, 0.29) is 11.7 Å². The van der Waals surface area contributed by atoms with Gasteiger partial charge in [0.2, 0.25) is 0 Å². The van der Waals surface area contributed by atoms with Gasteiger partial charge in [0.05, 0.1) is 11.7 Å². The molecule has 0 bridgehead atoms. The summed E-state index contributed by atoms with van der Waals surface area (Å²) >= 11 is 0. The minimum atomic E-state index is -0.278. The van der Waals surface area contributed by atoms with Crippen LogP contribution in [0.4, 0.5) is 0 Å². The number of rotatable bonds is 4. The molecule has 1 fully saturated rings. The zero-order valence-electron chi connectivity index (χ0n) is 9.05. The topological polar surface area (TPSA) is 29.5 Å². The second-order valence-electron chi connectivity index (χ2n) is 4.62. The number of aliphatic hydroxyl groups is 1. The maximum Gasteiger partial charge on any atom is 0.0936 e. The highest BCUT2D eigenvalue weighted by Crippen LogP contribution is 2.37. The van der Waals surface area contributed by atoms with Crippen LogP contribution in [0.1, 0.15) is 46.0 Å². The van der Waals surface area contributed by atoms with Gasteiger partial charge in [-0.1, -0.05) is 26.7 Å². The van der Waals surface area contributed by atoms with Gasteiger partial charge in [0.15, 0.2) is 0 Å². The number of hydrogen-bond donors (Lipinski definition) is 1. The van der Waals surface area contributed by atoms with Crippen molar-refractivity contribution < 1.29 is 9.84 Å². The zero-order valence-corrected chi connectivity index (χ0v) is 9.05. The molecule has 0 aromatic rings. The van der Waals surface area contributed by atoms with Gasteiger partial charge in [-0.25, -0.2) is 0 Å². The van der Waals surface area contributed by atoms with Crippen molar-refractivity contribution >= 4 is 0 Å². The lowest BCUT2D eigenvalue weighted by molar-refractivity contribution is -0.104. The van der Waals surface area contributed by atoms with Gasteiger partial charge in [-0.3, -0.25) is 0 Å². The quantitative estimate of drug-likeness (QED) is 0.730. The predicted octanol–water partition coefficient (Wildman–Crippen LogP) is 2.35. The first kappa shape index (κ1) is 11.0. The largest absolute Gasteiger partial charge is 0.390 e. The van der Waals surface area contributed by atoms with Crippen LogP contribution in [0.15, 0.2) is 0 Å². The van der Waals surface area contributed by atoms with Crippen molar-refractivity contribution in [3.05, 3.63) is 0 Å². The lowest BCUT2D eigenvalue weighted by Crippen LogP contribution is -2.42. The molecule has 0 saturated heterocycles. The van der Waals surface area contributed by atoms with E-state index in [1.54, 1.807) is 7.11 Å². The van der Waals surface area contributed by atoms with Crippen LogP contribution in [-0.4, -0.2) is 23.9 Å². The van der Waals surface area contributed by atoms with Crippen LogP contribution in [-0.2, 0) is 4.74 Å². The number of ether oxygens (including phenoxy) is 1. The number of aliphatic hydroxyl groups excluding tert-OH is 1. The Bertz CT molecular complexity index is 148. The molecule has 1 rings (SSSR count). The summed E-state index contributed by atoms with van der Waals surface area (Å²) < 4.78 is 5.51. The minimum absolute atomic E-state index is 0.218. The molecule has 0 amide bonds. The molecule has 1 atom stereocenters. The molecule has 78 valence electrons. The predicted molar refractivity (Wildman–Crippen MR) is 53.7 cm³/mol. The van der Waals surface area contributed by atoms with Crippen LogP contribution < -0.4 is 0 Å². The summed E-state index contributed by atoms with van der Waals surface area (Å²) in [7, 11) is 1.73. The summed E-state index contributed by atoms with van der Waals surface area (Å²) in [5.74, 6) is 0.544. The minimum Gasteiger partial charge on any atom is -0.390 e. The van der Waals surface area contributed by atoms with E-state index in [2.05, 4.69) is 13.8 Å². The molecule has 0 heterocycles. The summed E-state index contributed by atoms with van der Waals surface area (Å²) in [6.45, 7) is 4.28. The Morgan fingerprint density at radius 3 is 2.23 bits per heavy atom. The first-order valence-electron chi connectivity index (χ1n) is 5.34. The van der Waals surface area contributed by atoms with Crippen molar-refractivity contribution in [3.8, 4) is 0 Å². The molecular weight excluding hydrogens is 164 g/mol. The molecule has 0 radical (unpaired) electrons. The zero-order chi connectivity index (χ0) is 9.90. The van der Waals surface area contributed by atoms with Gasteiger partial charge in [-0.05, 0) is 25.2 Å². The normalized spacial score (nSPS) is 23.8. The molecule has 1 aliphatic rings. The standard InChI is InChI=1S/C11H22O2/c1-9(2)8-10(12)11(13-3)6-4-5-7-11/h9-10,12H,4-8H2,1-3H3. The fourth-order valence-corrected chi connectivity index (χ4v) is 2.31. The van der Waals surface area contributed by atoms with Crippen LogP contribution in [0.3, 0.4) is 0 Å². The molecule has 1 saturated carbocycles. The van der Waals surface area contributed by atoms with Crippen molar-refractivity contribution in [3.63, 3.8) is 0 Å². The Labute approximate surface area is 81.3 Å². The summed E-state index contributed by atoms with van der Waals surface area (Å²) in [6, 6.07) is 0. The third-order valence-electron chi connectivity index (χ3n) is 3.16. The van der Waals surface area contributed by atoms with E-state index in [4.69, 9.17) is 4.74 Å². The van der Waals surface area contributed by atoms with Crippen LogP contribution in [0.5, 0.6) is 0 Å². The maximum absolute atomic E-state index is 10.0. The molecule has 1 aliphatic carbocycles. The van der Waals surface area contributed by atoms with Crippen molar-refractivity contribution in [2.75, 3.05) is 7.11 Å². The molecule has 0 aromatic carbocycles. The molecule has 1 unspecified atom stereocenters. The highest BCUT2D eigenvalue weighted by molar-refractivity contribution is 4.92. The highest BCUT2D eigenvalue weighted by Gasteiger charge is 2.40. The Balaban J connectivity index is 2.54. The molecule has 2 nitrogen and oxygen atoms in total. The molecule has 2 heteroatoms. The second kappa shape index (κ2) is 4.43. The van der Waals surface area contributed by atoms with Crippen LogP contribution in [0.25, 0.3) is 0 Å². The van der Waals surface area contributed by atoms with Gasteiger partial charge in [-0.15, -0.1) is 0 Å². The molecule has 13 heavy (non-hydrogen) atoms. The molecular formula is C11H22O2. The molecule has 0 aliphatic heterocycles. The summed E-state index contributed by atoms with van der Waals surface area (Å²) in [6.07, 6.45) is 5.02. The molecule has 0 spiro atoms. The maximum atomic E-state index is 10.0. The monoisotopic (exact) mass is 186 g/mol. The van der Waals surface area contributed by atoms with Gasteiger partial charge >= 0.3 is 0 Å². The summed E-state index contributed by atoms with van der Waals surface area (Å²) in [5.41, 5.74) is -0.218. The first-order chi connectivity index (χ1) is 6.10. The Morgan fingerprint density at radius 2 is 1.85 bits per heavy atom. The van der Waals surface area contributed by atoms with E-state index in [9.17, 15) is 5.11 Å². The fraction of sp³-hybridized carbons (Fsp3) is 1.00. The van der Waals surface area contributed by atoms with Gasteiger partial charge in [0.1, 0.15) is 0 Å². The molecule has 1 N–H and O–H groups in total. The third-order valence-corrected chi connectivity index (χ3v) is 3.16. The smallest absolute Gasteiger partial charge is 0.0936 e. The number of methoxy groups -OCH3 is 1. The molecule has 0 aromatic heterocycles. The van der Waals surface area contributed by atoms with Crippen LogP contribution in [0.2, 0.25) is 0 Å². The van der Waals surface area contributed by atoms with Crippen LogP contribution in [0, 0.1) is 5.92 Å². The van der Waals surface area contributed by atoms with Crippen molar-refractivity contribution in [1.29, 1.82) is 0 Å². The average Bonchev–Trinajstić information content (AvgIpc) is 2.51. The van der Waals surface area contributed by atoms with Crippen molar-refractivity contribution in [2.45, 2.75) is 57.7 Å². The van der Waals surface area contributed by atoms with E-state index in [0.717, 1.165) is 19.3 Å². The van der Waals surface area contributed by atoms with E-state index >= 15 is 0 Å². The highest BCUT2D eigenvalue weighted by atomic mass is 16.5. The van der Waals surface area contributed by atoms with Crippen molar-refractivity contribution in [1.82, 2.24) is 0 Å². The Morgan fingerprint density at radius 1 is 1.31 bits per heavy atom. The van der Waals surface area contributed by atoms with E-state index in [1.807, 2.05) is 0 Å². The lowest BCUT2D eigenvalue weighted by Gasteiger charge is -2.33. The first-order valence-corrected chi connectivity index (χ1v) is 5.34. The average molecular weight is 186 g/mol. The lowest BCUT2D eigenvalue weighted by atomic mass is 9.88. The summed E-state index contributed by atoms with van der Waals surface area (Å²) in [4.78, 5) is 0. The SMILES string of the molecule is COC1(C(O)CC(C)C)CCCC1. The van der Waals surface area contributed by atoms with Gasteiger partial charge in [0, 0.05) is 7.11 Å². The Hall–Kier alpha value is -0.0800. The Kier molecular flexibility index (Phi) is 3.74. The van der Waals surface area contributed by atoms with E-state index < -0.39 is 0 Å².